The number of hydrogen-bond donors (Lipinski definition) is 4. The Balaban J connectivity index is 0.00000124. The van der Waals surface area contributed by atoms with E-state index in [4.69, 9.17) is 0 Å². The Kier molecular flexibility index (Phi) is 7.29. The highest BCUT2D eigenvalue weighted by Crippen LogP contribution is 2.31. The van der Waals surface area contributed by atoms with Crippen molar-refractivity contribution in [2.75, 3.05) is 47.6 Å². The summed E-state index contributed by atoms with van der Waals surface area (Å²) in [4.78, 5) is 10.9. The van der Waals surface area contributed by atoms with E-state index in [2.05, 4.69) is 77.9 Å². The van der Waals surface area contributed by atoms with Crippen LogP contribution in [0.5, 0.6) is 0 Å². The van der Waals surface area contributed by atoms with E-state index in [1.807, 2.05) is 0 Å². The van der Waals surface area contributed by atoms with Crippen molar-refractivity contribution in [3.63, 3.8) is 0 Å². The molecule has 10 heteroatoms. The Morgan fingerprint density at radius 1 is 1.23 bits per heavy atom. The first-order valence-corrected chi connectivity index (χ1v) is 10.3. The average molecular weight is 433 g/mol. The minimum Gasteiger partial charge on any atom is -0.366 e. The van der Waals surface area contributed by atoms with Gasteiger partial charge in [0, 0.05) is 43.9 Å². The van der Waals surface area contributed by atoms with Crippen molar-refractivity contribution in [2.24, 2.45) is 0 Å². The number of nitrogens with zero attached hydrogens (tertiary/aromatic N) is 4. The van der Waals surface area contributed by atoms with E-state index in [0.717, 1.165) is 23.6 Å². The van der Waals surface area contributed by atoms with Crippen LogP contribution in [-0.4, -0.2) is 46.9 Å². The normalized spacial score (nSPS) is 13.0. The molecule has 0 bridgehead atoms. The number of nitrogens with one attached hydrogen (secondary N) is 4. The SMILES string of the molecule is CC(CF)c1cc(Nc2ccnc(NCc3ccc4c(c3)N(C)CN4)n2)n[nH]1.CCl. The molecule has 2 aromatic heterocycles. The van der Waals surface area contributed by atoms with Gasteiger partial charge in [0.1, 0.15) is 5.82 Å². The number of aromatic amines is 1. The second kappa shape index (κ2) is 10.1. The van der Waals surface area contributed by atoms with Crippen molar-refractivity contribution in [1.82, 2.24) is 20.2 Å². The second-order valence-corrected chi connectivity index (χ2v) is 6.89. The first-order chi connectivity index (χ1) is 14.6. The topological polar surface area (TPSA) is 93.8 Å². The zero-order valence-electron chi connectivity index (χ0n) is 17.2. The highest BCUT2D eigenvalue weighted by Gasteiger charge is 2.15. The molecule has 160 valence electrons. The standard InChI is InChI=1S/C19H23FN8.CH3Cl/c1-12(9-20)15-8-18(27-26-15)24-17-5-6-21-19(25-17)22-10-13-3-4-14-16(7-13)28(2)11-23-14;1-2/h3-8,12,23H,9-11H2,1-2H3,(H3,21,22,24,25,26,27);1H3. The van der Waals surface area contributed by atoms with E-state index in [-0.39, 0.29) is 5.92 Å². The lowest BCUT2D eigenvalue weighted by atomic mass is 10.1. The molecule has 0 aliphatic carbocycles. The molecule has 1 unspecified atom stereocenters. The summed E-state index contributed by atoms with van der Waals surface area (Å²) in [5.74, 6) is 1.51. The molecule has 0 radical (unpaired) electrons. The van der Waals surface area contributed by atoms with Crippen LogP contribution < -0.4 is 20.9 Å². The highest BCUT2D eigenvalue weighted by molar-refractivity contribution is 6.15. The average Bonchev–Trinajstić information content (AvgIpc) is 3.40. The summed E-state index contributed by atoms with van der Waals surface area (Å²) in [7, 11) is 2.06. The lowest BCUT2D eigenvalue weighted by molar-refractivity contribution is 0.442. The predicted molar refractivity (Wildman–Crippen MR) is 121 cm³/mol. The first-order valence-electron chi connectivity index (χ1n) is 9.53. The molecule has 3 heterocycles. The molecule has 0 fully saturated rings. The van der Waals surface area contributed by atoms with Gasteiger partial charge in [-0.1, -0.05) is 13.0 Å². The van der Waals surface area contributed by atoms with Gasteiger partial charge < -0.3 is 20.9 Å². The molecule has 0 saturated heterocycles. The summed E-state index contributed by atoms with van der Waals surface area (Å²) in [6.45, 7) is 2.81. The van der Waals surface area contributed by atoms with Gasteiger partial charge in [-0.25, -0.2) is 4.98 Å². The summed E-state index contributed by atoms with van der Waals surface area (Å²) < 4.78 is 12.8. The van der Waals surface area contributed by atoms with Gasteiger partial charge in [-0.15, -0.1) is 11.6 Å². The minimum atomic E-state index is -0.433. The Morgan fingerprint density at radius 2 is 2.07 bits per heavy atom. The number of aromatic nitrogens is 4. The molecule has 8 nitrogen and oxygen atoms in total. The molecular formula is C20H26ClFN8. The molecule has 1 aliphatic rings. The van der Waals surface area contributed by atoms with E-state index in [1.54, 1.807) is 25.3 Å². The molecule has 0 saturated carbocycles. The maximum absolute atomic E-state index is 12.8. The van der Waals surface area contributed by atoms with Gasteiger partial charge in [-0.05, 0) is 23.8 Å². The van der Waals surface area contributed by atoms with Crippen LogP contribution >= 0.6 is 11.6 Å². The van der Waals surface area contributed by atoms with Crippen molar-refractivity contribution in [1.29, 1.82) is 0 Å². The fourth-order valence-electron chi connectivity index (χ4n) is 3.00. The Bertz CT molecular complexity index is 963. The Labute approximate surface area is 180 Å². The van der Waals surface area contributed by atoms with Crippen molar-refractivity contribution >= 4 is 40.6 Å². The van der Waals surface area contributed by atoms with Crippen molar-refractivity contribution in [2.45, 2.75) is 19.4 Å². The number of hydrogen-bond acceptors (Lipinski definition) is 7. The van der Waals surface area contributed by atoms with E-state index in [9.17, 15) is 4.39 Å². The Hall–Kier alpha value is -3.07. The first kappa shape index (κ1) is 21.6. The van der Waals surface area contributed by atoms with Gasteiger partial charge >= 0.3 is 0 Å². The number of halogens is 2. The summed E-state index contributed by atoms with van der Waals surface area (Å²) >= 11 is 4.64. The molecule has 1 aliphatic heterocycles. The predicted octanol–water partition coefficient (Wildman–Crippen LogP) is 4.30. The number of alkyl halides is 2. The van der Waals surface area contributed by atoms with Gasteiger partial charge in [0.15, 0.2) is 5.82 Å². The molecule has 30 heavy (non-hydrogen) atoms. The van der Waals surface area contributed by atoms with Crippen LogP contribution in [-0.2, 0) is 6.54 Å². The zero-order valence-corrected chi connectivity index (χ0v) is 18.0. The molecule has 0 spiro atoms. The third kappa shape index (κ3) is 5.10. The summed E-state index contributed by atoms with van der Waals surface area (Å²) in [5.41, 5.74) is 4.23. The van der Waals surface area contributed by atoms with Crippen LogP contribution in [0.15, 0.2) is 36.5 Å². The largest absolute Gasteiger partial charge is 0.366 e. The van der Waals surface area contributed by atoms with E-state index in [1.165, 1.54) is 12.1 Å². The number of fused-ring (bicyclic) bond motifs is 1. The number of rotatable bonds is 7. The molecule has 3 aromatic rings. The van der Waals surface area contributed by atoms with Crippen LogP contribution in [0.3, 0.4) is 0 Å². The highest BCUT2D eigenvalue weighted by atomic mass is 35.5. The van der Waals surface area contributed by atoms with E-state index in [0.29, 0.717) is 24.1 Å². The molecule has 1 atom stereocenters. The van der Waals surface area contributed by atoms with Crippen LogP contribution in [0.1, 0.15) is 24.1 Å². The van der Waals surface area contributed by atoms with E-state index < -0.39 is 6.67 Å². The van der Waals surface area contributed by atoms with Gasteiger partial charge in [-0.3, -0.25) is 9.49 Å². The third-order valence-electron chi connectivity index (χ3n) is 4.70. The molecular weight excluding hydrogens is 407 g/mol. The smallest absolute Gasteiger partial charge is 0.224 e. The fraction of sp³-hybridized carbons (Fsp3) is 0.350. The number of anilines is 5. The van der Waals surface area contributed by atoms with Crippen LogP contribution in [0.4, 0.5) is 33.3 Å². The van der Waals surface area contributed by atoms with Gasteiger partial charge in [0.25, 0.3) is 0 Å². The lowest BCUT2D eigenvalue weighted by Crippen LogP contribution is -2.16. The van der Waals surface area contributed by atoms with Crippen LogP contribution in [0.25, 0.3) is 0 Å². The van der Waals surface area contributed by atoms with Crippen LogP contribution in [0, 0.1) is 0 Å². The maximum atomic E-state index is 12.8. The third-order valence-corrected chi connectivity index (χ3v) is 4.70. The van der Waals surface area contributed by atoms with Crippen molar-refractivity contribution in [3.05, 3.63) is 47.8 Å². The molecule has 1 aromatic carbocycles. The summed E-state index contributed by atoms with van der Waals surface area (Å²) in [5, 5.41) is 16.7. The second-order valence-electron chi connectivity index (χ2n) is 6.89. The molecule has 4 N–H and O–H groups in total. The van der Waals surface area contributed by atoms with Gasteiger partial charge in [-0.2, -0.15) is 10.1 Å². The van der Waals surface area contributed by atoms with Crippen molar-refractivity contribution in [3.8, 4) is 0 Å². The maximum Gasteiger partial charge on any atom is 0.224 e. The summed E-state index contributed by atoms with van der Waals surface area (Å²) in [6.07, 6.45) is 3.15. The molecule has 4 rings (SSSR count). The van der Waals surface area contributed by atoms with Gasteiger partial charge in [0.05, 0.1) is 24.7 Å². The Morgan fingerprint density at radius 3 is 2.87 bits per heavy atom. The lowest BCUT2D eigenvalue weighted by Gasteiger charge is -2.12. The fourth-order valence-corrected chi connectivity index (χ4v) is 3.00. The van der Waals surface area contributed by atoms with Crippen LogP contribution in [0.2, 0.25) is 0 Å². The monoisotopic (exact) mass is 432 g/mol. The van der Waals surface area contributed by atoms with Crippen molar-refractivity contribution < 1.29 is 4.39 Å². The number of benzene rings is 1. The quantitative estimate of drug-likeness (QED) is 0.413. The minimum absolute atomic E-state index is 0.216. The van der Waals surface area contributed by atoms with E-state index >= 15 is 0 Å². The summed E-state index contributed by atoms with van der Waals surface area (Å²) in [6, 6.07) is 9.87. The van der Waals surface area contributed by atoms with Gasteiger partial charge in [0.2, 0.25) is 5.95 Å². The molecule has 0 amide bonds. The number of H-pyrrole nitrogens is 1. The zero-order chi connectivity index (χ0) is 21.5.